The topological polar surface area (TPSA) is 69.6 Å². The highest BCUT2D eigenvalue weighted by Crippen LogP contribution is 2.37. The summed E-state index contributed by atoms with van der Waals surface area (Å²) in [6, 6.07) is 4.54. The summed E-state index contributed by atoms with van der Waals surface area (Å²) >= 11 is 13.1. The summed E-state index contributed by atoms with van der Waals surface area (Å²) in [5.41, 5.74) is 1.33. The molecule has 0 unspecified atom stereocenters. The van der Waals surface area contributed by atoms with E-state index in [2.05, 4.69) is 10.2 Å². The lowest BCUT2D eigenvalue weighted by Gasteiger charge is -2.22. The molecule has 0 saturated heterocycles. The average Bonchev–Trinajstić information content (AvgIpc) is 2.86. The molecule has 1 aromatic heterocycles. The standard InChI is InChI=1S/C16H14Cl2N2O3S/c1-20-5-4-9-12(7-20)24-15(13(9)16(22)23)19-14(21)8-2-3-10(17)11(18)6-8/h2-3,6H,4-5,7H2,1H3,(H,19,21)(H,22,23). The summed E-state index contributed by atoms with van der Waals surface area (Å²) < 4.78 is 0. The van der Waals surface area contributed by atoms with Crippen molar-refractivity contribution >= 4 is 51.4 Å². The van der Waals surface area contributed by atoms with E-state index in [1.165, 1.54) is 23.5 Å². The zero-order chi connectivity index (χ0) is 17.4. The van der Waals surface area contributed by atoms with Crippen molar-refractivity contribution in [3.8, 4) is 0 Å². The third kappa shape index (κ3) is 3.28. The van der Waals surface area contributed by atoms with Crippen molar-refractivity contribution in [1.29, 1.82) is 0 Å². The Labute approximate surface area is 152 Å². The molecule has 8 heteroatoms. The molecule has 1 amide bonds. The van der Waals surface area contributed by atoms with Crippen molar-refractivity contribution in [2.45, 2.75) is 13.0 Å². The molecule has 2 N–H and O–H groups in total. The van der Waals surface area contributed by atoms with Gasteiger partial charge in [-0.15, -0.1) is 11.3 Å². The van der Waals surface area contributed by atoms with Crippen LogP contribution in [0.5, 0.6) is 0 Å². The van der Waals surface area contributed by atoms with Crippen LogP contribution in [0.3, 0.4) is 0 Å². The molecular formula is C16H14Cl2N2O3S. The zero-order valence-electron chi connectivity index (χ0n) is 12.7. The Morgan fingerprint density at radius 3 is 2.71 bits per heavy atom. The fourth-order valence-corrected chi connectivity index (χ4v) is 4.27. The van der Waals surface area contributed by atoms with Gasteiger partial charge in [0.15, 0.2) is 0 Å². The smallest absolute Gasteiger partial charge is 0.339 e. The van der Waals surface area contributed by atoms with Crippen LogP contribution >= 0.6 is 34.5 Å². The SMILES string of the molecule is CN1CCc2c(sc(NC(=O)c3ccc(Cl)c(Cl)c3)c2C(=O)O)C1. The van der Waals surface area contributed by atoms with Gasteiger partial charge in [0.25, 0.3) is 5.91 Å². The largest absolute Gasteiger partial charge is 0.478 e. The number of carbonyl (C=O) groups is 2. The van der Waals surface area contributed by atoms with E-state index in [0.29, 0.717) is 28.6 Å². The van der Waals surface area contributed by atoms with Gasteiger partial charge >= 0.3 is 5.97 Å². The molecule has 5 nitrogen and oxygen atoms in total. The first-order valence-electron chi connectivity index (χ1n) is 7.19. The van der Waals surface area contributed by atoms with E-state index >= 15 is 0 Å². The number of halogens is 2. The van der Waals surface area contributed by atoms with Crippen LogP contribution in [-0.2, 0) is 13.0 Å². The number of anilines is 1. The van der Waals surface area contributed by atoms with E-state index in [9.17, 15) is 14.7 Å². The van der Waals surface area contributed by atoms with Crippen molar-refractivity contribution in [2.75, 3.05) is 18.9 Å². The molecule has 0 radical (unpaired) electrons. The number of fused-ring (bicyclic) bond motifs is 1. The Morgan fingerprint density at radius 2 is 2.04 bits per heavy atom. The van der Waals surface area contributed by atoms with E-state index in [1.807, 2.05) is 7.05 Å². The van der Waals surface area contributed by atoms with Crippen molar-refractivity contribution in [2.24, 2.45) is 0 Å². The second-order valence-electron chi connectivity index (χ2n) is 5.58. The lowest BCUT2D eigenvalue weighted by atomic mass is 10.0. The number of likely N-dealkylation sites (N-methyl/N-ethyl adjacent to an activating group) is 1. The highest BCUT2D eigenvalue weighted by molar-refractivity contribution is 7.17. The van der Waals surface area contributed by atoms with E-state index < -0.39 is 11.9 Å². The third-order valence-electron chi connectivity index (χ3n) is 3.87. The number of amides is 1. The molecule has 126 valence electrons. The van der Waals surface area contributed by atoms with E-state index in [-0.39, 0.29) is 10.6 Å². The summed E-state index contributed by atoms with van der Waals surface area (Å²) in [4.78, 5) is 27.2. The number of aromatic carboxylic acids is 1. The molecule has 0 spiro atoms. The molecule has 1 aliphatic rings. The van der Waals surface area contributed by atoms with Crippen LogP contribution in [0, 0.1) is 0 Å². The molecule has 2 aromatic rings. The number of rotatable bonds is 3. The number of nitrogens with zero attached hydrogens (tertiary/aromatic N) is 1. The molecule has 0 atom stereocenters. The molecule has 0 saturated carbocycles. The Morgan fingerprint density at radius 1 is 1.29 bits per heavy atom. The molecule has 0 bridgehead atoms. The highest BCUT2D eigenvalue weighted by Gasteiger charge is 2.27. The first-order valence-corrected chi connectivity index (χ1v) is 8.77. The van der Waals surface area contributed by atoms with Gasteiger partial charge in [-0.1, -0.05) is 23.2 Å². The molecular weight excluding hydrogens is 371 g/mol. The van der Waals surface area contributed by atoms with Crippen molar-refractivity contribution in [3.05, 3.63) is 49.8 Å². The van der Waals surface area contributed by atoms with E-state index in [4.69, 9.17) is 23.2 Å². The summed E-state index contributed by atoms with van der Waals surface area (Å²) in [7, 11) is 1.98. The minimum Gasteiger partial charge on any atom is -0.478 e. The number of thiophene rings is 1. The fourth-order valence-electron chi connectivity index (χ4n) is 2.66. The quantitative estimate of drug-likeness (QED) is 0.838. The third-order valence-corrected chi connectivity index (χ3v) is 5.74. The molecule has 3 rings (SSSR count). The number of hydrogen-bond donors (Lipinski definition) is 2. The first kappa shape index (κ1) is 17.2. The second-order valence-corrected chi connectivity index (χ2v) is 7.50. The predicted molar refractivity (Wildman–Crippen MR) is 95.7 cm³/mol. The lowest BCUT2D eigenvalue weighted by molar-refractivity contribution is 0.0696. The van der Waals surface area contributed by atoms with Gasteiger partial charge in [-0.25, -0.2) is 4.79 Å². The van der Waals surface area contributed by atoms with Crippen molar-refractivity contribution in [3.63, 3.8) is 0 Å². The number of carboxylic acid groups (broad SMARTS) is 1. The average molecular weight is 385 g/mol. The van der Waals surface area contributed by atoms with Gasteiger partial charge in [-0.05, 0) is 37.2 Å². The first-order chi connectivity index (χ1) is 11.4. The van der Waals surface area contributed by atoms with Crippen LogP contribution in [0.2, 0.25) is 10.0 Å². The van der Waals surface area contributed by atoms with Gasteiger partial charge in [-0.2, -0.15) is 0 Å². The minimum absolute atomic E-state index is 0.191. The molecule has 24 heavy (non-hydrogen) atoms. The highest BCUT2D eigenvalue weighted by atomic mass is 35.5. The second kappa shape index (κ2) is 6.72. The lowest BCUT2D eigenvalue weighted by Crippen LogP contribution is -2.26. The monoisotopic (exact) mass is 384 g/mol. The number of hydrogen-bond acceptors (Lipinski definition) is 4. The van der Waals surface area contributed by atoms with Gasteiger partial charge in [0.1, 0.15) is 5.00 Å². The van der Waals surface area contributed by atoms with Crippen LogP contribution in [0.4, 0.5) is 5.00 Å². The number of carbonyl (C=O) groups excluding carboxylic acids is 1. The van der Waals surface area contributed by atoms with Crippen LogP contribution < -0.4 is 5.32 Å². The van der Waals surface area contributed by atoms with Crippen LogP contribution in [-0.4, -0.2) is 35.5 Å². The van der Waals surface area contributed by atoms with E-state index in [1.54, 1.807) is 6.07 Å². The number of carboxylic acids is 1. The number of benzene rings is 1. The predicted octanol–water partition coefficient (Wildman–Crippen LogP) is 3.99. The van der Waals surface area contributed by atoms with Crippen molar-refractivity contribution < 1.29 is 14.7 Å². The van der Waals surface area contributed by atoms with Crippen LogP contribution in [0.25, 0.3) is 0 Å². The van der Waals surface area contributed by atoms with Gasteiger partial charge in [0.05, 0.1) is 15.6 Å². The zero-order valence-corrected chi connectivity index (χ0v) is 15.1. The maximum atomic E-state index is 12.4. The molecule has 1 aliphatic heterocycles. The summed E-state index contributed by atoms with van der Waals surface area (Å²) in [6.07, 6.45) is 0.659. The molecule has 0 fully saturated rings. The van der Waals surface area contributed by atoms with Gasteiger partial charge < -0.3 is 15.3 Å². The normalized spacial score (nSPS) is 14.3. The van der Waals surface area contributed by atoms with Crippen LogP contribution in [0.15, 0.2) is 18.2 Å². The van der Waals surface area contributed by atoms with Gasteiger partial charge in [0, 0.05) is 23.5 Å². The van der Waals surface area contributed by atoms with E-state index in [0.717, 1.165) is 17.0 Å². The summed E-state index contributed by atoms with van der Waals surface area (Å²) in [6.45, 7) is 1.48. The maximum Gasteiger partial charge on any atom is 0.339 e. The Bertz CT molecular complexity index is 835. The number of nitrogens with one attached hydrogen (secondary N) is 1. The Balaban J connectivity index is 1.93. The van der Waals surface area contributed by atoms with Crippen LogP contribution in [0.1, 0.15) is 31.2 Å². The Hall–Kier alpha value is -1.60. The molecule has 1 aromatic carbocycles. The summed E-state index contributed by atoms with van der Waals surface area (Å²) in [5, 5.41) is 13.2. The maximum absolute atomic E-state index is 12.4. The van der Waals surface area contributed by atoms with Gasteiger partial charge in [-0.3, -0.25) is 4.79 Å². The van der Waals surface area contributed by atoms with Crippen molar-refractivity contribution in [1.82, 2.24) is 4.90 Å². The summed E-state index contributed by atoms with van der Waals surface area (Å²) in [5.74, 6) is -1.44. The Kier molecular flexibility index (Phi) is 4.83. The minimum atomic E-state index is -1.03. The van der Waals surface area contributed by atoms with Gasteiger partial charge in [0.2, 0.25) is 0 Å². The molecule has 0 aliphatic carbocycles. The molecule has 2 heterocycles. The fraction of sp³-hybridized carbons (Fsp3) is 0.250.